The van der Waals surface area contributed by atoms with Gasteiger partial charge < -0.3 is 14.7 Å². The lowest BCUT2D eigenvalue weighted by molar-refractivity contribution is 0.0697. The number of methoxy groups -OCH3 is 1. The Bertz CT molecular complexity index is 355. The summed E-state index contributed by atoms with van der Waals surface area (Å²) >= 11 is 0. The highest BCUT2D eigenvalue weighted by Gasteiger charge is 2.15. The van der Waals surface area contributed by atoms with Crippen molar-refractivity contribution in [2.75, 3.05) is 31.7 Å². The normalized spacial score (nSPS) is 10.1. The molecule has 1 aromatic heterocycles. The zero-order valence-corrected chi connectivity index (χ0v) is 9.51. The van der Waals surface area contributed by atoms with Crippen LogP contribution in [0.5, 0.6) is 0 Å². The molecule has 88 valence electrons. The molecule has 0 unspecified atom stereocenters. The highest BCUT2D eigenvalue weighted by molar-refractivity contribution is 5.93. The molecule has 1 rings (SSSR count). The van der Waals surface area contributed by atoms with Crippen molar-refractivity contribution in [1.82, 2.24) is 4.98 Å². The van der Waals surface area contributed by atoms with E-state index in [1.165, 1.54) is 0 Å². The maximum absolute atomic E-state index is 11.0. The molecule has 0 aliphatic carbocycles. The van der Waals surface area contributed by atoms with Crippen LogP contribution in [0.3, 0.4) is 0 Å². The van der Waals surface area contributed by atoms with Gasteiger partial charge in [-0.25, -0.2) is 9.78 Å². The molecule has 0 fully saturated rings. The lowest BCUT2D eigenvalue weighted by atomic mass is 10.2. The van der Waals surface area contributed by atoms with Crippen LogP contribution in [0.4, 0.5) is 5.82 Å². The van der Waals surface area contributed by atoms with Gasteiger partial charge >= 0.3 is 5.97 Å². The summed E-state index contributed by atoms with van der Waals surface area (Å²) in [5.41, 5.74) is 0.223. The monoisotopic (exact) mass is 224 g/mol. The third-order valence-corrected chi connectivity index (χ3v) is 2.26. The first-order chi connectivity index (χ1) is 7.70. The molecule has 0 spiro atoms. The minimum atomic E-state index is -0.959. The number of nitrogens with zero attached hydrogens (tertiary/aromatic N) is 2. The average Bonchev–Trinajstić information content (AvgIpc) is 2.30. The average molecular weight is 224 g/mol. The van der Waals surface area contributed by atoms with Gasteiger partial charge in [0.25, 0.3) is 0 Å². The Morgan fingerprint density at radius 1 is 1.62 bits per heavy atom. The number of hydrogen-bond donors (Lipinski definition) is 1. The molecule has 0 radical (unpaired) electrons. The fraction of sp³-hybridized carbons (Fsp3) is 0.455. The van der Waals surface area contributed by atoms with Crippen LogP contribution in [0.2, 0.25) is 0 Å². The third kappa shape index (κ3) is 2.93. The van der Waals surface area contributed by atoms with E-state index in [9.17, 15) is 4.79 Å². The van der Waals surface area contributed by atoms with E-state index < -0.39 is 5.97 Å². The second-order valence-corrected chi connectivity index (χ2v) is 3.25. The van der Waals surface area contributed by atoms with Crippen molar-refractivity contribution in [2.24, 2.45) is 0 Å². The maximum Gasteiger partial charge on any atom is 0.339 e. The first-order valence-corrected chi connectivity index (χ1v) is 5.12. The van der Waals surface area contributed by atoms with E-state index in [0.717, 1.165) is 0 Å². The van der Waals surface area contributed by atoms with Gasteiger partial charge in [-0.3, -0.25) is 0 Å². The molecular weight excluding hydrogens is 208 g/mol. The van der Waals surface area contributed by atoms with Crippen LogP contribution in [0.25, 0.3) is 0 Å². The van der Waals surface area contributed by atoms with Gasteiger partial charge in [-0.15, -0.1) is 0 Å². The zero-order valence-electron chi connectivity index (χ0n) is 9.51. The molecule has 0 bridgehead atoms. The smallest absolute Gasteiger partial charge is 0.339 e. The lowest BCUT2D eigenvalue weighted by Crippen LogP contribution is -2.29. The van der Waals surface area contributed by atoms with Gasteiger partial charge in [-0.05, 0) is 19.1 Å². The van der Waals surface area contributed by atoms with Crippen LogP contribution in [-0.2, 0) is 4.74 Å². The van der Waals surface area contributed by atoms with Gasteiger partial charge in [-0.2, -0.15) is 0 Å². The van der Waals surface area contributed by atoms with Gasteiger partial charge in [-0.1, -0.05) is 0 Å². The Morgan fingerprint density at radius 3 is 2.94 bits per heavy atom. The predicted octanol–water partition coefficient (Wildman–Crippen LogP) is 1.25. The molecule has 5 nitrogen and oxygen atoms in total. The van der Waals surface area contributed by atoms with Gasteiger partial charge in [0.05, 0.1) is 6.61 Å². The summed E-state index contributed by atoms with van der Waals surface area (Å²) < 4.78 is 4.98. The van der Waals surface area contributed by atoms with Crippen molar-refractivity contribution in [3.8, 4) is 0 Å². The van der Waals surface area contributed by atoms with Gasteiger partial charge in [0.15, 0.2) is 0 Å². The number of carbonyl (C=O) groups is 1. The molecular formula is C11H16N2O3. The molecule has 0 aromatic carbocycles. The molecule has 5 heteroatoms. The molecule has 1 N–H and O–H groups in total. The van der Waals surface area contributed by atoms with Crippen LogP contribution in [0, 0.1) is 0 Å². The highest BCUT2D eigenvalue weighted by atomic mass is 16.5. The van der Waals surface area contributed by atoms with Gasteiger partial charge in [0.1, 0.15) is 11.4 Å². The number of likely N-dealkylation sites (N-methyl/N-ethyl adjacent to an activating group) is 1. The Balaban J connectivity index is 2.94. The summed E-state index contributed by atoms with van der Waals surface area (Å²) in [6, 6.07) is 3.18. The number of rotatable bonds is 6. The summed E-state index contributed by atoms with van der Waals surface area (Å²) in [5.74, 6) is -0.464. The number of aromatic nitrogens is 1. The van der Waals surface area contributed by atoms with Crippen molar-refractivity contribution in [1.29, 1.82) is 0 Å². The fourth-order valence-electron chi connectivity index (χ4n) is 1.43. The van der Waals surface area contributed by atoms with Crippen LogP contribution in [-0.4, -0.2) is 42.9 Å². The van der Waals surface area contributed by atoms with E-state index in [2.05, 4.69) is 4.98 Å². The Kier molecular flexibility index (Phi) is 4.72. The number of carboxylic acids is 1. The van der Waals surface area contributed by atoms with E-state index in [0.29, 0.717) is 25.5 Å². The summed E-state index contributed by atoms with van der Waals surface area (Å²) in [5, 5.41) is 9.04. The van der Waals surface area contributed by atoms with E-state index >= 15 is 0 Å². The maximum atomic E-state index is 11.0. The van der Waals surface area contributed by atoms with E-state index in [-0.39, 0.29) is 5.56 Å². The predicted molar refractivity (Wildman–Crippen MR) is 61.0 cm³/mol. The van der Waals surface area contributed by atoms with Crippen molar-refractivity contribution in [3.05, 3.63) is 23.9 Å². The number of ether oxygens (including phenoxy) is 1. The molecule has 0 atom stereocenters. The Hall–Kier alpha value is -1.62. The summed E-state index contributed by atoms with van der Waals surface area (Å²) in [7, 11) is 1.62. The first-order valence-electron chi connectivity index (χ1n) is 5.12. The van der Waals surface area contributed by atoms with Crippen LogP contribution >= 0.6 is 0 Å². The summed E-state index contributed by atoms with van der Waals surface area (Å²) in [6.45, 7) is 3.82. The Labute approximate surface area is 94.7 Å². The second-order valence-electron chi connectivity index (χ2n) is 3.25. The number of aromatic carboxylic acids is 1. The van der Waals surface area contributed by atoms with Crippen molar-refractivity contribution in [2.45, 2.75) is 6.92 Å². The molecule has 0 amide bonds. The van der Waals surface area contributed by atoms with Gasteiger partial charge in [0, 0.05) is 26.4 Å². The number of hydrogen-bond acceptors (Lipinski definition) is 4. The standard InChI is InChI=1S/C11H16N2O3/c1-3-13(7-8-16-2)10-9(11(14)15)5-4-6-12-10/h4-6H,3,7-8H2,1-2H3,(H,14,15). The second kappa shape index (κ2) is 6.07. The van der Waals surface area contributed by atoms with Gasteiger partial charge in [0.2, 0.25) is 0 Å². The van der Waals surface area contributed by atoms with Crippen LogP contribution in [0.1, 0.15) is 17.3 Å². The van der Waals surface area contributed by atoms with E-state index in [4.69, 9.17) is 9.84 Å². The summed E-state index contributed by atoms with van der Waals surface area (Å²) in [6.07, 6.45) is 1.59. The molecule has 0 aliphatic rings. The van der Waals surface area contributed by atoms with Crippen LogP contribution in [0.15, 0.2) is 18.3 Å². The van der Waals surface area contributed by atoms with Crippen molar-refractivity contribution in [3.63, 3.8) is 0 Å². The third-order valence-electron chi connectivity index (χ3n) is 2.26. The molecule has 0 saturated carbocycles. The molecule has 16 heavy (non-hydrogen) atoms. The molecule has 0 saturated heterocycles. The topological polar surface area (TPSA) is 62.7 Å². The largest absolute Gasteiger partial charge is 0.478 e. The number of pyridine rings is 1. The minimum Gasteiger partial charge on any atom is -0.478 e. The zero-order chi connectivity index (χ0) is 12.0. The van der Waals surface area contributed by atoms with Crippen molar-refractivity contribution < 1.29 is 14.6 Å². The first kappa shape index (κ1) is 12.4. The van der Waals surface area contributed by atoms with Crippen molar-refractivity contribution >= 4 is 11.8 Å². The molecule has 1 heterocycles. The minimum absolute atomic E-state index is 0.223. The lowest BCUT2D eigenvalue weighted by Gasteiger charge is -2.22. The number of anilines is 1. The van der Waals surface area contributed by atoms with E-state index in [1.807, 2.05) is 11.8 Å². The molecule has 0 aliphatic heterocycles. The van der Waals surface area contributed by atoms with E-state index in [1.54, 1.807) is 25.4 Å². The number of carboxylic acid groups (broad SMARTS) is 1. The SMILES string of the molecule is CCN(CCOC)c1ncccc1C(=O)O. The molecule has 1 aromatic rings. The highest BCUT2D eigenvalue weighted by Crippen LogP contribution is 2.16. The quantitative estimate of drug-likeness (QED) is 0.788. The fourth-order valence-corrected chi connectivity index (χ4v) is 1.43. The summed E-state index contributed by atoms with van der Waals surface area (Å²) in [4.78, 5) is 17.0. The Morgan fingerprint density at radius 2 is 2.38 bits per heavy atom. The van der Waals surface area contributed by atoms with Crippen LogP contribution < -0.4 is 4.90 Å².